The molecular formula is C23H29NO4. The Morgan fingerprint density at radius 1 is 1.11 bits per heavy atom. The van der Waals surface area contributed by atoms with E-state index in [0.717, 1.165) is 31.6 Å². The van der Waals surface area contributed by atoms with Crippen LogP contribution in [0.1, 0.15) is 30.9 Å². The van der Waals surface area contributed by atoms with Crippen LogP contribution in [-0.2, 0) is 22.5 Å². The summed E-state index contributed by atoms with van der Waals surface area (Å²) in [6.07, 6.45) is 1.61. The van der Waals surface area contributed by atoms with E-state index >= 15 is 0 Å². The van der Waals surface area contributed by atoms with Gasteiger partial charge in [-0.25, -0.2) is 0 Å². The van der Waals surface area contributed by atoms with Gasteiger partial charge in [-0.2, -0.15) is 0 Å². The van der Waals surface area contributed by atoms with E-state index in [1.165, 1.54) is 18.1 Å². The molecule has 5 heteroatoms. The minimum absolute atomic E-state index is 0.0114. The predicted molar refractivity (Wildman–Crippen MR) is 108 cm³/mol. The number of nitrogens with zero attached hydrogens (tertiary/aromatic N) is 1. The smallest absolute Gasteiger partial charge is 0.303 e. The Balaban J connectivity index is 1.64. The molecule has 150 valence electrons. The lowest BCUT2D eigenvalue weighted by atomic mass is 10.0. The Bertz CT molecular complexity index is 747. The zero-order chi connectivity index (χ0) is 19.9. The van der Waals surface area contributed by atoms with Crippen LogP contribution >= 0.6 is 0 Å². The topological polar surface area (TPSA) is 59.0 Å². The van der Waals surface area contributed by atoms with Crippen LogP contribution in [0.5, 0.6) is 5.75 Å². The van der Waals surface area contributed by atoms with E-state index < -0.39 is 12.2 Å². The first-order valence-electron chi connectivity index (χ1n) is 9.83. The fraction of sp³-hybridized carbons (Fsp3) is 0.435. The molecule has 1 N–H and O–H groups in total. The summed E-state index contributed by atoms with van der Waals surface area (Å²) < 4.78 is 10.7. The van der Waals surface area contributed by atoms with Gasteiger partial charge in [0.1, 0.15) is 18.0 Å². The molecule has 0 aliphatic carbocycles. The Labute approximate surface area is 166 Å². The van der Waals surface area contributed by atoms with Crippen LogP contribution in [0, 0.1) is 0 Å². The number of aliphatic hydroxyl groups is 1. The molecule has 3 rings (SSSR count). The standard InChI is InChI=1S/C23H29NO4/c1-17(25)28-23-21(10-6-9-18-11-13-20(27-2)14-12-18)24(16-22(23)26)15-19-7-4-3-5-8-19/h3-5,7-8,11-14,21-23,26H,6,9-10,15-16H2,1-2H3/t21-,22+,23+/m1/s1. The van der Waals surface area contributed by atoms with Gasteiger partial charge in [0, 0.05) is 26.1 Å². The Kier molecular flexibility index (Phi) is 7.06. The van der Waals surface area contributed by atoms with Crippen molar-refractivity contribution in [3.63, 3.8) is 0 Å². The second-order valence-corrected chi connectivity index (χ2v) is 7.36. The van der Waals surface area contributed by atoms with E-state index in [1.807, 2.05) is 30.3 Å². The average molecular weight is 383 g/mol. The third-order valence-electron chi connectivity index (χ3n) is 5.30. The van der Waals surface area contributed by atoms with Crippen molar-refractivity contribution in [2.24, 2.45) is 0 Å². The van der Waals surface area contributed by atoms with Gasteiger partial charge in [-0.1, -0.05) is 42.5 Å². The summed E-state index contributed by atoms with van der Waals surface area (Å²) in [4.78, 5) is 13.8. The molecule has 0 bridgehead atoms. The number of carbonyl (C=O) groups excluding carboxylic acids is 1. The third kappa shape index (κ3) is 5.33. The molecule has 1 fully saturated rings. The quantitative estimate of drug-likeness (QED) is 0.710. The molecular weight excluding hydrogens is 354 g/mol. The number of aliphatic hydroxyl groups excluding tert-OH is 1. The lowest BCUT2D eigenvalue weighted by molar-refractivity contribution is -0.151. The fourth-order valence-corrected chi connectivity index (χ4v) is 3.95. The van der Waals surface area contributed by atoms with E-state index in [4.69, 9.17) is 9.47 Å². The van der Waals surface area contributed by atoms with Gasteiger partial charge in [-0.15, -0.1) is 0 Å². The molecule has 0 spiro atoms. The van der Waals surface area contributed by atoms with Gasteiger partial charge in [0.2, 0.25) is 0 Å². The number of carbonyl (C=O) groups is 1. The molecule has 0 unspecified atom stereocenters. The normalized spacial score (nSPS) is 22.2. The van der Waals surface area contributed by atoms with Gasteiger partial charge in [-0.3, -0.25) is 9.69 Å². The Hall–Kier alpha value is -2.37. The van der Waals surface area contributed by atoms with Crippen molar-refractivity contribution in [3.8, 4) is 5.75 Å². The first-order chi connectivity index (χ1) is 13.6. The number of benzene rings is 2. The van der Waals surface area contributed by atoms with Crippen molar-refractivity contribution >= 4 is 5.97 Å². The summed E-state index contributed by atoms with van der Waals surface area (Å²) in [6, 6.07) is 18.3. The molecule has 0 aromatic heterocycles. The molecule has 0 amide bonds. The zero-order valence-electron chi connectivity index (χ0n) is 16.6. The number of likely N-dealkylation sites (tertiary alicyclic amines) is 1. The van der Waals surface area contributed by atoms with Gasteiger partial charge in [0.05, 0.1) is 7.11 Å². The molecule has 3 atom stereocenters. The highest BCUT2D eigenvalue weighted by Gasteiger charge is 2.42. The number of β-amino-alcohol motifs (C(OH)–C–C–N with tert-alkyl or cyclic N) is 1. The lowest BCUT2D eigenvalue weighted by Gasteiger charge is -2.27. The van der Waals surface area contributed by atoms with Crippen molar-refractivity contribution in [1.82, 2.24) is 4.90 Å². The monoisotopic (exact) mass is 383 g/mol. The predicted octanol–water partition coefficient (Wildman–Crippen LogP) is 3.19. The van der Waals surface area contributed by atoms with Crippen molar-refractivity contribution in [3.05, 3.63) is 65.7 Å². The van der Waals surface area contributed by atoms with Crippen LogP contribution in [-0.4, -0.2) is 47.9 Å². The number of hydrogen-bond donors (Lipinski definition) is 1. The van der Waals surface area contributed by atoms with Crippen LogP contribution in [0.3, 0.4) is 0 Å². The number of ether oxygens (including phenoxy) is 2. The maximum atomic E-state index is 11.5. The minimum Gasteiger partial charge on any atom is -0.497 e. The molecule has 0 radical (unpaired) electrons. The summed E-state index contributed by atoms with van der Waals surface area (Å²) in [5.41, 5.74) is 2.44. The molecule has 5 nitrogen and oxygen atoms in total. The van der Waals surface area contributed by atoms with E-state index in [2.05, 4.69) is 29.2 Å². The molecule has 0 saturated carbocycles. The van der Waals surface area contributed by atoms with Crippen LogP contribution < -0.4 is 4.74 Å². The molecule has 1 heterocycles. The van der Waals surface area contributed by atoms with Gasteiger partial charge in [-0.05, 0) is 42.5 Å². The Morgan fingerprint density at radius 3 is 2.46 bits per heavy atom. The molecule has 2 aromatic carbocycles. The molecule has 2 aromatic rings. The van der Waals surface area contributed by atoms with Crippen molar-refractivity contribution in [2.45, 2.75) is 51.0 Å². The van der Waals surface area contributed by atoms with Gasteiger partial charge in [0.25, 0.3) is 0 Å². The SMILES string of the molecule is COc1ccc(CCC[C@@H]2[C@H](OC(C)=O)[C@@H](O)CN2Cc2ccccc2)cc1. The summed E-state index contributed by atoms with van der Waals surface area (Å²) >= 11 is 0. The maximum absolute atomic E-state index is 11.5. The van der Waals surface area contributed by atoms with Crippen LogP contribution in [0.2, 0.25) is 0 Å². The average Bonchev–Trinajstić information content (AvgIpc) is 2.97. The third-order valence-corrected chi connectivity index (χ3v) is 5.30. The first-order valence-corrected chi connectivity index (χ1v) is 9.83. The summed E-state index contributed by atoms with van der Waals surface area (Å²) in [6.45, 7) is 2.66. The van der Waals surface area contributed by atoms with E-state index in [0.29, 0.717) is 6.54 Å². The number of methoxy groups -OCH3 is 1. The van der Waals surface area contributed by atoms with Gasteiger partial charge >= 0.3 is 5.97 Å². The summed E-state index contributed by atoms with van der Waals surface area (Å²) in [7, 11) is 1.66. The first kappa shape index (κ1) is 20.4. The molecule has 1 saturated heterocycles. The number of esters is 1. The molecule has 28 heavy (non-hydrogen) atoms. The highest BCUT2D eigenvalue weighted by Crippen LogP contribution is 2.28. The van der Waals surface area contributed by atoms with Gasteiger partial charge in [0.15, 0.2) is 0 Å². The summed E-state index contributed by atoms with van der Waals surface area (Å²) in [5, 5.41) is 10.5. The Morgan fingerprint density at radius 2 is 1.82 bits per heavy atom. The van der Waals surface area contributed by atoms with E-state index in [9.17, 15) is 9.90 Å². The van der Waals surface area contributed by atoms with E-state index in [-0.39, 0.29) is 12.0 Å². The van der Waals surface area contributed by atoms with Gasteiger partial charge < -0.3 is 14.6 Å². The lowest BCUT2D eigenvalue weighted by Crippen LogP contribution is -2.38. The minimum atomic E-state index is -0.654. The van der Waals surface area contributed by atoms with Crippen LogP contribution in [0.15, 0.2) is 54.6 Å². The van der Waals surface area contributed by atoms with Crippen LogP contribution in [0.25, 0.3) is 0 Å². The summed E-state index contributed by atoms with van der Waals surface area (Å²) in [5.74, 6) is 0.511. The largest absolute Gasteiger partial charge is 0.497 e. The zero-order valence-corrected chi connectivity index (χ0v) is 16.6. The second-order valence-electron chi connectivity index (χ2n) is 7.36. The fourth-order valence-electron chi connectivity index (χ4n) is 3.95. The van der Waals surface area contributed by atoms with E-state index in [1.54, 1.807) is 7.11 Å². The number of hydrogen-bond acceptors (Lipinski definition) is 5. The maximum Gasteiger partial charge on any atom is 0.303 e. The van der Waals surface area contributed by atoms with Crippen molar-refractivity contribution in [1.29, 1.82) is 0 Å². The van der Waals surface area contributed by atoms with Crippen molar-refractivity contribution < 1.29 is 19.4 Å². The molecule has 1 aliphatic heterocycles. The van der Waals surface area contributed by atoms with Crippen LogP contribution in [0.4, 0.5) is 0 Å². The highest BCUT2D eigenvalue weighted by atomic mass is 16.6. The number of rotatable bonds is 8. The van der Waals surface area contributed by atoms with Crippen molar-refractivity contribution in [2.75, 3.05) is 13.7 Å². The highest BCUT2D eigenvalue weighted by molar-refractivity contribution is 5.66. The number of aryl methyl sites for hydroxylation is 1. The molecule has 1 aliphatic rings. The second kappa shape index (κ2) is 9.71.